The summed E-state index contributed by atoms with van der Waals surface area (Å²) >= 11 is 6.03. The average Bonchev–Trinajstić information content (AvgIpc) is 2.65. The van der Waals surface area contributed by atoms with Crippen LogP contribution in [0.1, 0.15) is 36.8 Å². The van der Waals surface area contributed by atoms with E-state index in [9.17, 15) is 0 Å². The summed E-state index contributed by atoms with van der Waals surface area (Å²) in [5, 5.41) is 0.794. The van der Waals surface area contributed by atoms with Gasteiger partial charge in [0.05, 0.1) is 0 Å². The summed E-state index contributed by atoms with van der Waals surface area (Å²) in [7, 11) is 0. The fraction of sp³-hybridized carbons (Fsp3) is 0.476. The molecular weight excluding hydrogens is 330 g/mol. The smallest absolute Gasteiger partial charge is 0.0406 e. The Morgan fingerprint density at radius 1 is 0.960 bits per heavy atom. The Morgan fingerprint density at radius 3 is 2.28 bits per heavy atom. The Morgan fingerprint density at radius 2 is 1.64 bits per heavy atom. The van der Waals surface area contributed by atoms with Crippen LogP contribution in [0.15, 0.2) is 48.8 Å². The minimum Gasteiger partial charge on any atom is -0.330 e. The Balaban J connectivity index is 1.64. The number of halogens is 1. The van der Waals surface area contributed by atoms with Crippen molar-refractivity contribution in [3.63, 3.8) is 0 Å². The lowest BCUT2D eigenvalue weighted by molar-refractivity contribution is 0.170. The fourth-order valence-electron chi connectivity index (χ4n) is 3.80. The van der Waals surface area contributed by atoms with Crippen LogP contribution in [0.5, 0.6) is 0 Å². The van der Waals surface area contributed by atoms with Crippen LogP contribution in [0.3, 0.4) is 0 Å². The van der Waals surface area contributed by atoms with E-state index in [1.165, 1.54) is 36.8 Å². The Kier molecular flexibility index (Phi) is 6.85. The standard InChI is InChI=1S/C21H28ClN3/c22-21-9-7-19(8-10-21)15-25(16-20-2-1-11-24-13-20)14-18-5-3-17(12-23)4-6-18/h1-2,7-11,13,17-18H,3-6,12,14-16,23H2. The van der Waals surface area contributed by atoms with Gasteiger partial charge in [0.2, 0.25) is 0 Å². The van der Waals surface area contributed by atoms with Crippen LogP contribution in [-0.2, 0) is 13.1 Å². The first-order valence-corrected chi connectivity index (χ1v) is 9.66. The molecule has 3 nitrogen and oxygen atoms in total. The van der Waals surface area contributed by atoms with Gasteiger partial charge >= 0.3 is 0 Å². The fourth-order valence-corrected chi connectivity index (χ4v) is 3.92. The molecule has 0 unspecified atom stereocenters. The van der Waals surface area contributed by atoms with E-state index in [1.54, 1.807) is 0 Å². The van der Waals surface area contributed by atoms with Crippen LogP contribution in [0, 0.1) is 11.8 Å². The monoisotopic (exact) mass is 357 g/mol. The van der Waals surface area contributed by atoms with Gasteiger partial charge in [-0.1, -0.05) is 29.8 Å². The van der Waals surface area contributed by atoms with Crippen LogP contribution >= 0.6 is 11.6 Å². The average molecular weight is 358 g/mol. The molecule has 1 fully saturated rings. The van der Waals surface area contributed by atoms with Gasteiger partial charge < -0.3 is 5.73 Å². The van der Waals surface area contributed by atoms with E-state index in [-0.39, 0.29) is 0 Å². The van der Waals surface area contributed by atoms with Gasteiger partial charge in [0, 0.05) is 37.1 Å². The number of nitrogens with zero attached hydrogens (tertiary/aromatic N) is 2. The van der Waals surface area contributed by atoms with Crippen molar-refractivity contribution in [2.75, 3.05) is 13.1 Å². The van der Waals surface area contributed by atoms with E-state index in [2.05, 4.69) is 28.1 Å². The second kappa shape index (κ2) is 9.33. The third-order valence-electron chi connectivity index (χ3n) is 5.26. The first-order chi connectivity index (χ1) is 12.2. The molecule has 1 saturated carbocycles. The number of hydrogen-bond donors (Lipinski definition) is 1. The molecular formula is C21H28ClN3. The first kappa shape index (κ1) is 18.4. The zero-order chi connectivity index (χ0) is 17.5. The highest BCUT2D eigenvalue weighted by atomic mass is 35.5. The third-order valence-corrected chi connectivity index (χ3v) is 5.52. The van der Waals surface area contributed by atoms with Crippen LogP contribution in [-0.4, -0.2) is 23.0 Å². The van der Waals surface area contributed by atoms with Crippen molar-refractivity contribution in [2.45, 2.75) is 38.8 Å². The van der Waals surface area contributed by atoms with Crippen molar-refractivity contribution in [3.8, 4) is 0 Å². The number of aromatic nitrogens is 1. The largest absolute Gasteiger partial charge is 0.330 e. The van der Waals surface area contributed by atoms with Crippen LogP contribution in [0.25, 0.3) is 0 Å². The zero-order valence-electron chi connectivity index (χ0n) is 14.8. The maximum Gasteiger partial charge on any atom is 0.0406 e. The summed E-state index contributed by atoms with van der Waals surface area (Å²) < 4.78 is 0. The highest BCUT2D eigenvalue weighted by Crippen LogP contribution is 2.29. The molecule has 0 bridgehead atoms. The van der Waals surface area contributed by atoms with Gasteiger partial charge in [0.25, 0.3) is 0 Å². The molecule has 134 valence electrons. The van der Waals surface area contributed by atoms with Crippen molar-refractivity contribution in [1.29, 1.82) is 0 Å². The quantitative estimate of drug-likeness (QED) is 0.793. The van der Waals surface area contributed by atoms with Gasteiger partial charge in [0.1, 0.15) is 0 Å². The Labute approximate surface area is 156 Å². The highest BCUT2D eigenvalue weighted by Gasteiger charge is 2.22. The molecule has 1 aromatic carbocycles. The van der Waals surface area contributed by atoms with Crippen LogP contribution < -0.4 is 5.73 Å². The zero-order valence-corrected chi connectivity index (χ0v) is 15.5. The molecule has 0 aliphatic heterocycles. The van der Waals surface area contributed by atoms with Crippen molar-refractivity contribution < 1.29 is 0 Å². The number of rotatable bonds is 7. The minimum absolute atomic E-state index is 0.735. The first-order valence-electron chi connectivity index (χ1n) is 9.28. The predicted molar refractivity (Wildman–Crippen MR) is 104 cm³/mol. The maximum atomic E-state index is 6.03. The Bertz CT molecular complexity index is 621. The summed E-state index contributed by atoms with van der Waals surface area (Å²) in [4.78, 5) is 6.82. The SMILES string of the molecule is NCC1CCC(CN(Cc2ccc(Cl)cc2)Cc2cccnc2)CC1. The normalized spacial score (nSPS) is 20.8. The lowest BCUT2D eigenvalue weighted by atomic mass is 9.82. The molecule has 1 aliphatic rings. The maximum absolute atomic E-state index is 6.03. The highest BCUT2D eigenvalue weighted by molar-refractivity contribution is 6.30. The summed E-state index contributed by atoms with van der Waals surface area (Å²) in [5.41, 5.74) is 8.42. The summed E-state index contributed by atoms with van der Waals surface area (Å²) in [5.74, 6) is 1.51. The molecule has 1 aromatic heterocycles. The number of benzene rings is 1. The van der Waals surface area contributed by atoms with Crippen molar-refractivity contribution in [1.82, 2.24) is 9.88 Å². The molecule has 0 spiro atoms. The minimum atomic E-state index is 0.735. The predicted octanol–water partition coefficient (Wildman–Crippen LogP) is 4.50. The second-order valence-corrected chi connectivity index (χ2v) is 7.72. The molecule has 25 heavy (non-hydrogen) atoms. The van der Waals surface area contributed by atoms with E-state index in [0.29, 0.717) is 0 Å². The second-order valence-electron chi connectivity index (χ2n) is 7.28. The Hall–Kier alpha value is -1.42. The van der Waals surface area contributed by atoms with Gasteiger partial charge in [-0.15, -0.1) is 0 Å². The lowest BCUT2D eigenvalue weighted by Crippen LogP contribution is -2.32. The molecule has 0 saturated heterocycles. The molecule has 1 heterocycles. The molecule has 2 aromatic rings. The van der Waals surface area contributed by atoms with Crippen molar-refractivity contribution >= 4 is 11.6 Å². The van der Waals surface area contributed by atoms with E-state index >= 15 is 0 Å². The van der Waals surface area contributed by atoms with Gasteiger partial charge in [0.15, 0.2) is 0 Å². The van der Waals surface area contributed by atoms with Crippen molar-refractivity contribution in [3.05, 3.63) is 64.9 Å². The van der Waals surface area contributed by atoms with E-state index in [4.69, 9.17) is 17.3 Å². The van der Waals surface area contributed by atoms with Crippen molar-refractivity contribution in [2.24, 2.45) is 17.6 Å². The van der Waals surface area contributed by atoms with E-state index in [1.807, 2.05) is 30.6 Å². The van der Waals surface area contributed by atoms with Gasteiger partial charge in [-0.2, -0.15) is 0 Å². The third kappa shape index (κ3) is 5.81. The van der Waals surface area contributed by atoms with E-state index < -0.39 is 0 Å². The molecule has 0 amide bonds. The molecule has 0 radical (unpaired) electrons. The number of pyridine rings is 1. The van der Waals surface area contributed by atoms with Gasteiger partial charge in [-0.05, 0) is 73.4 Å². The summed E-state index contributed by atoms with van der Waals surface area (Å²) in [6.45, 7) is 3.86. The topological polar surface area (TPSA) is 42.1 Å². The number of hydrogen-bond acceptors (Lipinski definition) is 3. The lowest BCUT2D eigenvalue weighted by Gasteiger charge is -2.32. The summed E-state index contributed by atoms with van der Waals surface area (Å²) in [6, 6.07) is 12.4. The van der Waals surface area contributed by atoms with Gasteiger partial charge in [-0.3, -0.25) is 9.88 Å². The molecule has 1 aliphatic carbocycles. The van der Waals surface area contributed by atoms with E-state index in [0.717, 1.165) is 43.0 Å². The number of nitrogens with two attached hydrogens (primary N) is 1. The molecule has 2 N–H and O–H groups in total. The van der Waals surface area contributed by atoms with Crippen LogP contribution in [0.4, 0.5) is 0 Å². The van der Waals surface area contributed by atoms with Crippen LogP contribution in [0.2, 0.25) is 5.02 Å². The van der Waals surface area contributed by atoms with Gasteiger partial charge in [-0.25, -0.2) is 0 Å². The molecule has 4 heteroatoms. The molecule has 3 rings (SSSR count). The molecule has 0 atom stereocenters. The summed E-state index contributed by atoms with van der Waals surface area (Å²) in [6.07, 6.45) is 8.96.